The van der Waals surface area contributed by atoms with Gasteiger partial charge in [0.1, 0.15) is 10.5 Å². The average molecular weight is 170 g/mol. The third-order valence-electron chi connectivity index (χ3n) is 1.46. The fourth-order valence-electron chi connectivity index (χ4n) is 0.833. The maximum Gasteiger partial charge on any atom is 0.146 e. The van der Waals surface area contributed by atoms with Crippen molar-refractivity contribution in [3.63, 3.8) is 0 Å². The number of rotatable bonds is 7. The molecule has 0 aliphatic rings. The van der Waals surface area contributed by atoms with Crippen molar-refractivity contribution < 1.29 is 4.43 Å². The summed E-state index contributed by atoms with van der Waals surface area (Å²) in [5.74, 6) is 0. The Bertz CT molecular complexity index is 110. The summed E-state index contributed by atoms with van der Waals surface area (Å²) >= 11 is 0. The van der Waals surface area contributed by atoms with E-state index in [9.17, 15) is 0 Å². The first-order chi connectivity index (χ1) is 5.41. The molecule has 0 unspecified atom stereocenters. The Kier molecular flexibility index (Phi) is 9.36. The molecule has 0 aliphatic carbocycles. The van der Waals surface area contributed by atoms with Crippen LogP contribution in [-0.4, -0.2) is 17.1 Å². The smallest absolute Gasteiger partial charge is 0.146 e. The van der Waals surface area contributed by atoms with E-state index in [-0.39, 0.29) is 0 Å². The molecular formula is C9H18OSi. The summed E-state index contributed by atoms with van der Waals surface area (Å²) in [7, 11) is 0.845. The van der Waals surface area contributed by atoms with Crippen molar-refractivity contribution in [1.82, 2.24) is 0 Å². The molecule has 0 N–H and O–H groups in total. The first-order valence-corrected chi connectivity index (χ1v) is 4.98. The summed E-state index contributed by atoms with van der Waals surface area (Å²) in [5.41, 5.74) is 0. The molecule has 0 aromatic rings. The molecule has 2 heteroatoms. The van der Waals surface area contributed by atoms with E-state index in [1.165, 1.54) is 19.3 Å². The maximum atomic E-state index is 5.01. The summed E-state index contributed by atoms with van der Waals surface area (Å²) in [6.07, 6.45) is 11.1. The quantitative estimate of drug-likeness (QED) is 0.320. The number of hydrogen-bond donors (Lipinski definition) is 0. The molecule has 0 rings (SSSR count). The van der Waals surface area contributed by atoms with Crippen LogP contribution in [0.5, 0.6) is 0 Å². The highest BCUT2D eigenvalue weighted by molar-refractivity contribution is 5.98. The second kappa shape index (κ2) is 9.66. The molecule has 0 amide bonds. The second-order valence-corrected chi connectivity index (χ2v) is 3.08. The molecule has 0 spiro atoms. The fraction of sp³-hybridized carbons (Fsp3) is 0.556. The van der Waals surface area contributed by atoms with Crippen molar-refractivity contribution >= 4 is 10.5 Å². The Labute approximate surface area is 72.7 Å². The molecule has 1 nitrogen and oxygen atoms in total. The molecule has 0 bridgehead atoms. The van der Waals surface area contributed by atoms with Crippen LogP contribution in [0, 0.1) is 0 Å². The highest BCUT2D eigenvalue weighted by Gasteiger charge is 1.81. The minimum absolute atomic E-state index is 0.799. The van der Waals surface area contributed by atoms with E-state index < -0.39 is 0 Å². The van der Waals surface area contributed by atoms with Crippen molar-refractivity contribution in [3.05, 3.63) is 24.8 Å². The van der Waals surface area contributed by atoms with Gasteiger partial charge < -0.3 is 4.43 Å². The molecule has 0 atom stereocenters. The van der Waals surface area contributed by atoms with Crippen molar-refractivity contribution in [2.45, 2.75) is 25.7 Å². The van der Waals surface area contributed by atoms with E-state index in [4.69, 9.17) is 4.43 Å². The van der Waals surface area contributed by atoms with Crippen LogP contribution >= 0.6 is 0 Å². The van der Waals surface area contributed by atoms with Crippen molar-refractivity contribution in [2.24, 2.45) is 0 Å². The molecule has 0 radical (unpaired) electrons. The molecule has 0 heterocycles. The van der Waals surface area contributed by atoms with E-state index in [0.717, 1.165) is 23.5 Å². The SMILES string of the molecule is C=CCCCCC=CCO[SiH3]. The standard InChI is InChI=1S/C9H18OSi/c1-2-3-4-5-6-7-8-9-10-11/h2,7-8H,1,3-6,9H2,11H3. The predicted octanol–water partition coefficient (Wildman–Crippen LogP) is 1.59. The predicted molar refractivity (Wildman–Crippen MR) is 53.7 cm³/mol. The molecule has 0 saturated carbocycles. The lowest BCUT2D eigenvalue weighted by Gasteiger charge is -1.92. The second-order valence-electron chi connectivity index (χ2n) is 2.50. The van der Waals surface area contributed by atoms with E-state index in [1.54, 1.807) is 0 Å². The summed E-state index contributed by atoms with van der Waals surface area (Å²) in [4.78, 5) is 0. The van der Waals surface area contributed by atoms with Crippen LogP contribution in [0.25, 0.3) is 0 Å². The molecule has 0 aromatic heterocycles. The zero-order valence-corrected chi connectivity index (χ0v) is 9.38. The van der Waals surface area contributed by atoms with Gasteiger partial charge >= 0.3 is 0 Å². The van der Waals surface area contributed by atoms with E-state index in [0.29, 0.717) is 0 Å². The number of unbranched alkanes of at least 4 members (excludes halogenated alkanes) is 3. The van der Waals surface area contributed by atoms with E-state index in [2.05, 4.69) is 18.7 Å². The van der Waals surface area contributed by atoms with Crippen LogP contribution in [0.1, 0.15) is 25.7 Å². The van der Waals surface area contributed by atoms with Crippen molar-refractivity contribution in [3.8, 4) is 0 Å². The van der Waals surface area contributed by atoms with Gasteiger partial charge in [0.15, 0.2) is 0 Å². The summed E-state index contributed by atoms with van der Waals surface area (Å²) in [6.45, 7) is 4.47. The van der Waals surface area contributed by atoms with Gasteiger partial charge in [0, 0.05) is 0 Å². The van der Waals surface area contributed by atoms with Crippen LogP contribution in [-0.2, 0) is 4.43 Å². The van der Waals surface area contributed by atoms with E-state index in [1.807, 2.05) is 6.08 Å². The zero-order valence-electron chi connectivity index (χ0n) is 7.38. The van der Waals surface area contributed by atoms with Gasteiger partial charge in [-0.1, -0.05) is 18.2 Å². The molecule has 11 heavy (non-hydrogen) atoms. The summed E-state index contributed by atoms with van der Waals surface area (Å²) in [5, 5.41) is 0. The van der Waals surface area contributed by atoms with Gasteiger partial charge in [-0.15, -0.1) is 6.58 Å². The Morgan fingerprint density at radius 2 is 1.91 bits per heavy atom. The van der Waals surface area contributed by atoms with Gasteiger partial charge in [0.2, 0.25) is 0 Å². The highest BCUT2D eigenvalue weighted by atomic mass is 28.2. The van der Waals surface area contributed by atoms with Gasteiger partial charge in [-0.2, -0.15) is 0 Å². The monoisotopic (exact) mass is 170 g/mol. The van der Waals surface area contributed by atoms with E-state index >= 15 is 0 Å². The Morgan fingerprint density at radius 1 is 1.18 bits per heavy atom. The van der Waals surface area contributed by atoms with Crippen molar-refractivity contribution in [1.29, 1.82) is 0 Å². The Hall–Kier alpha value is -0.343. The molecule has 0 fully saturated rings. The zero-order chi connectivity index (χ0) is 8.36. The Balaban J connectivity index is 2.94. The first kappa shape index (κ1) is 10.7. The number of allylic oxidation sites excluding steroid dienone is 2. The third kappa shape index (κ3) is 9.66. The highest BCUT2D eigenvalue weighted by Crippen LogP contribution is 2.00. The Morgan fingerprint density at radius 3 is 2.55 bits per heavy atom. The first-order valence-electron chi connectivity index (χ1n) is 4.16. The van der Waals surface area contributed by atoms with Crippen molar-refractivity contribution in [2.75, 3.05) is 6.61 Å². The lowest BCUT2D eigenvalue weighted by molar-refractivity contribution is 0.401. The molecule has 0 aromatic carbocycles. The summed E-state index contributed by atoms with van der Waals surface area (Å²) in [6, 6.07) is 0. The van der Waals surface area contributed by atoms with Gasteiger partial charge in [0.05, 0.1) is 6.61 Å². The van der Waals surface area contributed by atoms with Gasteiger partial charge in [0.25, 0.3) is 0 Å². The molecule has 0 saturated heterocycles. The average Bonchev–Trinajstić information content (AvgIpc) is 2.03. The largest absolute Gasteiger partial charge is 0.424 e. The number of hydrogen-bond acceptors (Lipinski definition) is 1. The van der Waals surface area contributed by atoms with Crippen LogP contribution in [0.4, 0.5) is 0 Å². The topological polar surface area (TPSA) is 9.23 Å². The lowest BCUT2D eigenvalue weighted by atomic mass is 10.2. The molecular weight excluding hydrogens is 152 g/mol. The third-order valence-corrected chi connectivity index (χ3v) is 1.79. The van der Waals surface area contributed by atoms with Crippen LogP contribution in [0.2, 0.25) is 0 Å². The maximum absolute atomic E-state index is 5.01. The van der Waals surface area contributed by atoms with Gasteiger partial charge in [-0.05, 0) is 25.7 Å². The molecule has 64 valence electrons. The van der Waals surface area contributed by atoms with Gasteiger partial charge in [-0.3, -0.25) is 0 Å². The van der Waals surface area contributed by atoms with Gasteiger partial charge in [-0.25, -0.2) is 0 Å². The minimum Gasteiger partial charge on any atom is -0.424 e. The van der Waals surface area contributed by atoms with Crippen LogP contribution in [0.3, 0.4) is 0 Å². The normalized spacial score (nSPS) is 10.9. The summed E-state index contributed by atoms with van der Waals surface area (Å²) < 4.78 is 5.01. The molecule has 0 aliphatic heterocycles. The van der Waals surface area contributed by atoms with Crippen LogP contribution < -0.4 is 0 Å². The van der Waals surface area contributed by atoms with Crippen LogP contribution in [0.15, 0.2) is 24.8 Å². The lowest BCUT2D eigenvalue weighted by Crippen LogP contribution is -1.82. The fourth-order valence-corrected chi connectivity index (χ4v) is 1.03. The minimum atomic E-state index is 0.799.